The van der Waals surface area contributed by atoms with Crippen LogP contribution < -0.4 is 0 Å². The van der Waals surface area contributed by atoms with E-state index >= 15 is 0 Å². The van der Waals surface area contributed by atoms with Gasteiger partial charge in [-0.25, -0.2) is 0 Å². The standard InChI is InChI=1S/C64H118O6/c1-4-7-10-13-16-18-20-22-24-26-28-29-30-31-32-33-34-35-37-38-40-42-44-46-48-51-54-57-63(66)69-60-61(59-68-62(65)56-53-50-15-12-9-6-3)70-64(67)58-55-52-49-47-45-43-41-39-36-27-25-23-21-19-17-14-11-8-5-2/h20,22,26,28,30-31,61H,4-19,21,23-25,27,29,32-60H2,1-3H3/b22-20-,28-26-,31-30-. The SMILES string of the molecule is CCCCCCC/C=C\C/C=C\C/C=C\CCCCCCCCCCCCCCC(=O)OCC(COC(=O)CCCCCCCC)OC(=O)CCCCCCCCCCCCCCCCCCCCC. The molecular formula is C64H118O6. The largest absolute Gasteiger partial charge is 0.462 e. The van der Waals surface area contributed by atoms with E-state index in [1.165, 1.54) is 225 Å². The van der Waals surface area contributed by atoms with Gasteiger partial charge in [-0.3, -0.25) is 14.4 Å². The van der Waals surface area contributed by atoms with Crippen molar-refractivity contribution in [3.8, 4) is 0 Å². The minimum absolute atomic E-state index is 0.0687. The Morgan fingerprint density at radius 2 is 0.514 bits per heavy atom. The van der Waals surface area contributed by atoms with Crippen molar-refractivity contribution in [1.82, 2.24) is 0 Å². The maximum absolute atomic E-state index is 12.8. The zero-order valence-electron chi connectivity index (χ0n) is 47.1. The lowest BCUT2D eigenvalue weighted by molar-refractivity contribution is -0.167. The lowest BCUT2D eigenvalue weighted by Gasteiger charge is -2.18. The number of rotatable bonds is 57. The maximum atomic E-state index is 12.8. The first kappa shape index (κ1) is 67.6. The minimum Gasteiger partial charge on any atom is -0.462 e. The molecule has 6 nitrogen and oxygen atoms in total. The van der Waals surface area contributed by atoms with Gasteiger partial charge in [-0.05, 0) is 57.8 Å². The van der Waals surface area contributed by atoms with E-state index in [2.05, 4.69) is 57.2 Å². The van der Waals surface area contributed by atoms with Crippen LogP contribution in [-0.4, -0.2) is 37.2 Å². The molecule has 0 saturated heterocycles. The van der Waals surface area contributed by atoms with Crippen LogP contribution in [0.5, 0.6) is 0 Å². The van der Waals surface area contributed by atoms with Crippen LogP contribution in [0.1, 0.15) is 335 Å². The number of hydrogen-bond acceptors (Lipinski definition) is 6. The first-order valence-corrected chi connectivity index (χ1v) is 31.0. The molecule has 0 saturated carbocycles. The first-order valence-electron chi connectivity index (χ1n) is 31.0. The van der Waals surface area contributed by atoms with Gasteiger partial charge < -0.3 is 14.2 Å². The molecule has 1 unspecified atom stereocenters. The highest BCUT2D eigenvalue weighted by Gasteiger charge is 2.19. The summed E-state index contributed by atoms with van der Waals surface area (Å²) in [5.74, 6) is -0.860. The molecule has 6 heteroatoms. The molecule has 0 amide bonds. The third kappa shape index (κ3) is 56.5. The van der Waals surface area contributed by atoms with Crippen molar-refractivity contribution in [3.63, 3.8) is 0 Å². The molecule has 1 atom stereocenters. The normalized spacial score (nSPS) is 12.2. The molecule has 0 aromatic rings. The Hall–Kier alpha value is -2.37. The second-order valence-corrected chi connectivity index (χ2v) is 21.0. The van der Waals surface area contributed by atoms with Gasteiger partial charge >= 0.3 is 17.9 Å². The molecule has 0 aromatic heterocycles. The van der Waals surface area contributed by atoms with Gasteiger partial charge in [0.1, 0.15) is 13.2 Å². The van der Waals surface area contributed by atoms with E-state index in [1.807, 2.05) is 0 Å². The zero-order chi connectivity index (χ0) is 50.7. The zero-order valence-corrected chi connectivity index (χ0v) is 47.1. The Bertz CT molecular complexity index is 1170. The Balaban J connectivity index is 4.05. The summed E-state index contributed by atoms with van der Waals surface area (Å²) in [7, 11) is 0. The fraction of sp³-hybridized carbons (Fsp3) is 0.859. The van der Waals surface area contributed by atoms with Crippen LogP contribution in [0, 0.1) is 0 Å². The van der Waals surface area contributed by atoms with E-state index in [0.717, 1.165) is 70.6 Å². The monoisotopic (exact) mass is 983 g/mol. The van der Waals surface area contributed by atoms with Crippen molar-refractivity contribution < 1.29 is 28.6 Å². The highest BCUT2D eigenvalue weighted by Crippen LogP contribution is 2.17. The third-order valence-electron chi connectivity index (χ3n) is 13.9. The molecule has 410 valence electrons. The lowest BCUT2D eigenvalue weighted by Crippen LogP contribution is -2.30. The van der Waals surface area contributed by atoms with E-state index in [9.17, 15) is 14.4 Å². The van der Waals surface area contributed by atoms with Gasteiger partial charge in [-0.15, -0.1) is 0 Å². The third-order valence-corrected chi connectivity index (χ3v) is 13.9. The van der Waals surface area contributed by atoms with Crippen LogP contribution in [0.2, 0.25) is 0 Å². The summed E-state index contributed by atoms with van der Waals surface area (Å²) < 4.78 is 16.8. The van der Waals surface area contributed by atoms with Crippen LogP contribution in [0.3, 0.4) is 0 Å². The highest BCUT2D eigenvalue weighted by molar-refractivity contribution is 5.71. The van der Waals surface area contributed by atoms with Crippen LogP contribution >= 0.6 is 0 Å². The van der Waals surface area contributed by atoms with Crippen molar-refractivity contribution in [2.45, 2.75) is 341 Å². The van der Waals surface area contributed by atoms with Crippen LogP contribution in [0.15, 0.2) is 36.5 Å². The summed E-state index contributed by atoms with van der Waals surface area (Å²) in [6.07, 6.45) is 71.8. The van der Waals surface area contributed by atoms with Gasteiger partial charge in [0, 0.05) is 19.3 Å². The molecule has 0 aromatic carbocycles. The first-order chi connectivity index (χ1) is 34.5. The van der Waals surface area contributed by atoms with E-state index in [0.29, 0.717) is 19.3 Å². The molecule has 0 N–H and O–H groups in total. The molecule has 0 rings (SSSR count). The van der Waals surface area contributed by atoms with Gasteiger partial charge in [0.15, 0.2) is 6.10 Å². The van der Waals surface area contributed by atoms with Gasteiger partial charge in [0.25, 0.3) is 0 Å². The van der Waals surface area contributed by atoms with Gasteiger partial charge in [0.05, 0.1) is 0 Å². The van der Waals surface area contributed by atoms with Crippen molar-refractivity contribution in [2.24, 2.45) is 0 Å². The van der Waals surface area contributed by atoms with E-state index < -0.39 is 6.10 Å². The van der Waals surface area contributed by atoms with Gasteiger partial charge in [-0.2, -0.15) is 0 Å². The number of ether oxygens (including phenoxy) is 3. The number of unbranched alkanes of at least 4 members (excludes halogenated alkanes) is 40. The van der Waals surface area contributed by atoms with Crippen LogP contribution in [0.4, 0.5) is 0 Å². The van der Waals surface area contributed by atoms with E-state index in [1.54, 1.807) is 0 Å². The smallest absolute Gasteiger partial charge is 0.306 e. The second-order valence-electron chi connectivity index (χ2n) is 21.0. The fourth-order valence-corrected chi connectivity index (χ4v) is 9.22. The van der Waals surface area contributed by atoms with Crippen molar-refractivity contribution in [3.05, 3.63) is 36.5 Å². The lowest BCUT2D eigenvalue weighted by atomic mass is 10.0. The Morgan fingerprint density at radius 3 is 0.800 bits per heavy atom. The number of carbonyl (C=O) groups excluding carboxylic acids is 3. The quantitative estimate of drug-likeness (QED) is 0.0261. The molecule has 0 aliphatic carbocycles. The number of allylic oxidation sites excluding steroid dienone is 6. The molecule has 0 aliphatic rings. The molecule has 0 aliphatic heterocycles. The topological polar surface area (TPSA) is 78.9 Å². The summed E-state index contributed by atoms with van der Waals surface area (Å²) in [6, 6.07) is 0. The van der Waals surface area contributed by atoms with Crippen LogP contribution in [-0.2, 0) is 28.6 Å². The average Bonchev–Trinajstić information content (AvgIpc) is 3.36. The van der Waals surface area contributed by atoms with Crippen molar-refractivity contribution in [1.29, 1.82) is 0 Å². The van der Waals surface area contributed by atoms with Gasteiger partial charge in [-0.1, -0.05) is 295 Å². The predicted molar refractivity (Wildman–Crippen MR) is 302 cm³/mol. The van der Waals surface area contributed by atoms with E-state index in [4.69, 9.17) is 14.2 Å². The summed E-state index contributed by atoms with van der Waals surface area (Å²) in [5.41, 5.74) is 0. The summed E-state index contributed by atoms with van der Waals surface area (Å²) in [4.78, 5) is 37.9. The molecule has 0 heterocycles. The number of hydrogen-bond donors (Lipinski definition) is 0. The minimum atomic E-state index is -0.766. The van der Waals surface area contributed by atoms with Gasteiger partial charge in [0.2, 0.25) is 0 Å². The van der Waals surface area contributed by atoms with E-state index in [-0.39, 0.29) is 31.1 Å². The highest BCUT2D eigenvalue weighted by atomic mass is 16.6. The predicted octanol–water partition coefficient (Wildman–Crippen LogP) is 20.8. The molecule has 70 heavy (non-hydrogen) atoms. The summed E-state index contributed by atoms with van der Waals surface area (Å²) in [5, 5.41) is 0. The fourth-order valence-electron chi connectivity index (χ4n) is 9.22. The molecule has 0 bridgehead atoms. The Morgan fingerprint density at radius 1 is 0.286 bits per heavy atom. The molecular weight excluding hydrogens is 865 g/mol. The van der Waals surface area contributed by atoms with Crippen molar-refractivity contribution in [2.75, 3.05) is 13.2 Å². The number of carbonyl (C=O) groups is 3. The average molecular weight is 984 g/mol. The number of esters is 3. The molecule has 0 fully saturated rings. The Kier molecular flexibility index (Phi) is 57.2. The summed E-state index contributed by atoms with van der Waals surface area (Å²) in [6.45, 7) is 6.62. The summed E-state index contributed by atoms with van der Waals surface area (Å²) >= 11 is 0. The second kappa shape index (κ2) is 59.2. The van der Waals surface area contributed by atoms with Crippen LogP contribution in [0.25, 0.3) is 0 Å². The Labute approximate surface area is 435 Å². The maximum Gasteiger partial charge on any atom is 0.306 e. The molecule has 0 radical (unpaired) electrons. The van der Waals surface area contributed by atoms with Crippen molar-refractivity contribution >= 4 is 17.9 Å². The molecule has 0 spiro atoms.